The maximum atomic E-state index is 6.14. The molecule has 0 aliphatic carbocycles. The van der Waals surface area contributed by atoms with E-state index in [9.17, 15) is 0 Å². The Morgan fingerprint density at radius 1 is 0.957 bits per heavy atom. The summed E-state index contributed by atoms with van der Waals surface area (Å²) in [4.78, 5) is 13.0. The summed E-state index contributed by atoms with van der Waals surface area (Å²) in [5.74, 6) is 0.980. The lowest BCUT2D eigenvalue weighted by atomic mass is 10.1. The third-order valence-electron chi connectivity index (χ3n) is 3.57. The summed E-state index contributed by atoms with van der Waals surface area (Å²) in [6.45, 7) is 0. The van der Waals surface area contributed by atoms with E-state index in [4.69, 9.17) is 17.3 Å². The molecule has 6 heteroatoms. The second-order valence-electron chi connectivity index (χ2n) is 5.08. The van der Waals surface area contributed by atoms with Crippen LogP contribution >= 0.6 is 11.6 Å². The van der Waals surface area contributed by atoms with Gasteiger partial charge in [-0.1, -0.05) is 23.7 Å². The van der Waals surface area contributed by atoms with Crippen LogP contribution < -0.4 is 5.73 Å². The Morgan fingerprint density at radius 3 is 2.57 bits per heavy atom. The zero-order valence-electron chi connectivity index (χ0n) is 12.0. The summed E-state index contributed by atoms with van der Waals surface area (Å²) in [6.07, 6.45) is 5.37. The summed E-state index contributed by atoms with van der Waals surface area (Å²) < 4.78 is 1.92. The number of benzene rings is 1. The number of nitrogens with zero attached hydrogens (tertiary/aromatic N) is 4. The van der Waals surface area contributed by atoms with Crippen LogP contribution in [0.3, 0.4) is 0 Å². The Bertz CT molecular complexity index is 994. The first-order chi connectivity index (χ1) is 11.2. The van der Waals surface area contributed by atoms with Crippen molar-refractivity contribution in [3.8, 4) is 22.5 Å². The Hall–Kier alpha value is -2.92. The lowest BCUT2D eigenvalue weighted by Gasteiger charge is -2.05. The molecule has 0 saturated carbocycles. The Balaban J connectivity index is 2.07. The van der Waals surface area contributed by atoms with Crippen molar-refractivity contribution >= 4 is 23.2 Å². The molecule has 0 radical (unpaired) electrons. The standard InChI is InChI=1S/C17H12ClN5/c18-13-3-1-2-12(10-13)15-16(11-4-7-20-8-5-11)23-9-6-14(19)21-17(23)22-15/h1-10H,(H2,19,21,22). The van der Waals surface area contributed by atoms with Gasteiger partial charge in [0.1, 0.15) is 5.82 Å². The van der Waals surface area contributed by atoms with Gasteiger partial charge in [0.05, 0.1) is 11.4 Å². The lowest BCUT2D eigenvalue weighted by molar-refractivity contribution is 1.12. The number of halogens is 1. The SMILES string of the molecule is Nc1ccn2c(-c3ccncc3)c(-c3cccc(Cl)c3)nc2n1. The first kappa shape index (κ1) is 13.7. The van der Waals surface area contributed by atoms with Gasteiger partial charge >= 0.3 is 0 Å². The van der Waals surface area contributed by atoms with Gasteiger partial charge in [-0.2, -0.15) is 4.98 Å². The molecule has 1 aromatic carbocycles. The number of hydrogen-bond donors (Lipinski definition) is 1. The third-order valence-corrected chi connectivity index (χ3v) is 3.80. The van der Waals surface area contributed by atoms with Crippen molar-refractivity contribution < 1.29 is 0 Å². The molecule has 0 amide bonds. The minimum absolute atomic E-state index is 0.432. The van der Waals surface area contributed by atoms with Gasteiger partial charge in [0.25, 0.3) is 0 Å². The van der Waals surface area contributed by atoms with Gasteiger partial charge in [-0.05, 0) is 30.3 Å². The number of nitrogen functional groups attached to an aromatic ring is 1. The normalized spacial score (nSPS) is 11.0. The van der Waals surface area contributed by atoms with Crippen LogP contribution in [0.2, 0.25) is 5.02 Å². The Kier molecular flexibility index (Phi) is 3.20. The molecule has 4 rings (SSSR count). The van der Waals surface area contributed by atoms with E-state index in [2.05, 4.69) is 15.0 Å². The summed E-state index contributed by atoms with van der Waals surface area (Å²) in [6, 6.07) is 13.2. The van der Waals surface area contributed by atoms with Crippen molar-refractivity contribution in [3.63, 3.8) is 0 Å². The summed E-state index contributed by atoms with van der Waals surface area (Å²) in [5, 5.41) is 0.660. The molecular formula is C17H12ClN5. The first-order valence-corrected chi connectivity index (χ1v) is 7.41. The van der Waals surface area contributed by atoms with Crippen LogP contribution in [0.15, 0.2) is 61.1 Å². The molecule has 2 N–H and O–H groups in total. The molecule has 5 nitrogen and oxygen atoms in total. The van der Waals surface area contributed by atoms with Crippen LogP contribution in [0.25, 0.3) is 28.3 Å². The molecule has 0 bridgehead atoms. The van der Waals surface area contributed by atoms with Gasteiger partial charge in [-0.25, -0.2) is 4.98 Å². The topological polar surface area (TPSA) is 69.1 Å². The van der Waals surface area contributed by atoms with Gasteiger partial charge < -0.3 is 5.73 Å². The van der Waals surface area contributed by atoms with Crippen molar-refractivity contribution in [1.82, 2.24) is 19.4 Å². The summed E-state index contributed by atoms with van der Waals surface area (Å²) >= 11 is 6.14. The number of aromatic nitrogens is 4. The van der Waals surface area contributed by atoms with E-state index in [0.717, 1.165) is 22.5 Å². The Labute approximate surface area is 137 Å². The maximum absolute atomic E-state index is 6.14. The second-order valence-corrected chi connectivity index (χ2v) is 5.51. The van der Waals surface area contributed by atoms with Crippen LogP contribution in [0.1, 0.15) is 0 Å². The van der Waals surface area contributed by atoms with E-state index in [1.807, 2.05) is 47.0 Å². The molecule has 23 heavy (non-hydrogen) atoms. The molecule has 0 unspecified atom stereocenters. The number of rotatable bonds is 2. The molecular weight excluding hydrogens is 310 g/mol. The fourth-order valence-corrected chi connectivity index (χ4v) is 2.76. The predicted octanol–water partition coefficient (Wildman–Crippen LogP) is 3.69. The Morgan fingerprint density at radius 2 is 1.78 bits per heavy atom. The lowest BCUT2D eigenvalue weighted by Crippen LogP contribution is -1.95. The molecule has 0 fully saturated rings. The van der Waals surface area contributed by atoms with E-state index in [0.29, 0.717) is 16.6 Å². The van der Waals surface area contributed by atoms with Gasteiger partial charge in [0.15, 0.2) is 0 Å². The van der Waals surface area contributed by atoms with Crippen LogP contribution in [0, 0.1) is 0 Å². The number of fused-ring (bicyclic) bond motifs is 1. The molecule has 0 saturated heterocycles. The van der Waals surface area contributed by atoms with Crippen LogP contribution in [-0.4, -0.2) is 19.4 Å². The molecule has 0 spiro atoms. The molecule has 3 aromatic heterocycles. The number of anilines is 1. The second kappa shape index (κ2) is 5.37. The average molecular weight is 322 g/mol. The van der Waals surface area contributed by atoms with E-state index in [1.54, 1.807) is 18.5 Å². The van der Waals surface area contributed by atoms with Gasteiger partial charge in [-0.3, -0.25) is 9.38 Å². The molecule has 3 heterocycles. The van der Waals surface area contributed by atoms with Gasteiger partial charge in [0.2, 0.25) is 5.78 Å². The first-order valence-electron chi connectivity index (χ1n) is 7.03. The minimum Gasteiger partial charge on any atom is -0.384 e. The summed E-state index contributed by atoms with van der Waals surface area (Å²) in [7, 11) is 0. The fraction of sp³-hybridized carbons (Fsp3) is 0. The van der Waals surface area contributed by atoms with E-state index >= 15 is 0 Å². The van der Waals surface area contributed by atoms with E-state index in [-0.39, 0.29) is 0 Å². The zero-order valence-corrected chi connectivity index (χ0v) is 12.8. The molecule has 0 atom stereocenters. The highest BCUT2D eigenvalue weighted by Gasteiger charge is 2.17. The predicted molar refractivity (Wildman–Crippen MR) is 91.1 cm³/mol. The highest BCUT2D eigenvalue weighted by molar-refractivity contribution is 6.30. The number of pyridine rings is 1. The van der Waals surface area contributed by atoms with Crippen LogP contribution in [0.4, 0.5) is 5.82 Å². The molecule has 0 aliphatic heterocycles. The monoisotopic (exact) mass is 321 g/mol. The largest absolute Gasteiger partial charge is 0.384 e. The van der Waals surface area contributed by atoms with Crippen LogP contribution in [-0.2, 0) is 0 Å². The fourth-order valence-electron chi connectivity index (χ4n) is 2.57. The minimum atomic E-state index is 0.432. The number of hydrogen-bond acceptors (Lipinski definition) is 4. The molecule has 0 aliphatic rings. The average Bonchev–Trinajstić information content (AvgIpc) is 2.94. The smallest absolute Gasteiger partial charge is 0.236 e. The van der Waals surface area contributed by atoms with Crippen molar-refractivity contribution in [1.29, 1.82) is 0 Å². The van der Waals surface area contributed by atoms with Crippen molar-refractivity contribution in [3.05, 3.63) is 66.1 Å². The molecule has 112 valence electrons. The van der Waals surface area contributed by atoms with Crippen molar-refractivity contribution in [2.75, 3.05) is 5.73 Å². The highest BCUT2D eigenvalue weighted by atomic mass is 35.5. The maximum Gasteiger partial charge on any atom is 0.236 e. The zero-order chi connectivity index (χ0) is 15.8. The van der Waals surface area contributed by atoms with E-state index < -0.39 is 0 Å². The number of nitrogens with two attached hydrogens (primary N) is 1. The third kappa shape index (κ3) is 2.41. The summed E-state index contributed by atoms with van der Waals surface area (Å²) in [5.41, 5.74) is 9.44. The number of imidazole rings is 1. The molecule has 4 aromatic rings. The quantitative estimate of drug-likeness (QED) is 0.611. The van der Waals surface area contributed by atoms with Crippen molar-refractivity contribution in [2.45, 2.75) is 0 Å². The van der Waals surface area contributed by atoms with Crippen LogP contribution in [0.5, 0.6) is 0 Å². The van der Waals surface area contributed by atoms with Gasteiger partial charge in [-0.15, -0.1) is 0 Å². The van der Waals surface area contributed by atoms with E-state index in [1.165, 1.54) is 0 Å². The van der Waals surface area contributed by atoms with Gasteiger partial charge in [0, 0.05) is 34.7 Å². The highest BCUT2D eigenvalue weighted by Crippen LogP contribution is 2.33. The van der Waals surface area contributed by atoms with Crippen molar-refractivity contribution in [2.24, 2.45) is 0 Å².